The molecule has 0 saturated heterocycles. The first-order valence-corrected chi connectivity index (χ1v) is 7.79. The van der Waals surface area contributed by atoms with Crippen molar-refractivity contribution in [2.75, 3.05) is 6.54 Å². The van der Waals surface area contributed by atoms with Crippen molar-refractivity contribution in [2.24, 2.45) is 0 Å². The van der Waals surface area contributed by atoms with Gasteiger partial charge in [-0.1, -0.05) is 6.92 Å². The van der Waals surface area contributed by atoms with Gasteiger partial charge >= 0.3 is 6.18 Å². The fourth-order valence-electron chi connectivity index (χ4n) is 2.99. The number of halogens is 4. The third kappa shape index (κ3) is 2.94. The average Bonchev–Trinajstić information content (AvgIpc) is 2.98. The Morgan fingerprint density at radius 3 is 2.58 bits per heavy atom. The monoisotopic (exact) mass is 372 g/mol. The van der Waals surface area contributed by atoms with Crippen LogP contribution in [0.3, 0.4) is 0 Å². The normalized spacial score (nSPS) is 19.8. The van der Waals surface area contributed by atoms with E-state index in [0.717, 1.165) is 11.1 Å². The van der Waals surface area contributed by atoms with Crippen LogP contribution >= 0.6 is 0 Å². The van der Waals surface area contributed by atoms with Crippen molar-refractivity contribution in [1.29, 1.82) is 0 Å². The smallest absolute Gasteiger partial charge is 0.373 e. The minimum atomic E-state index is -5.07. The van der Waals surface area contributed by atoms with Crippen molar-refractivity contribution >= 4 is 5.91 Å². The van der Waals surface area contributed by atoms with Gasteiger partial charge in [-0.15, -0.1) is 0 Å². The van der Waals surface area contributed by atoms with Crippen LogP contribution in [0.15, 0.2) is 24.5 Å². The Kier molecular flexibility index (Phi) is 4.26. The van der Waals surface area contributed by atoms with Crippen LogP contribution in [0, 0.1) is 5.82 Å². The van der Waals surface area contributed by atoms with Crippen LogP contribution in [0.25, 0.3) is 5.82 Å². The van der Waals surface area contributed by atoms with Gasteiger partial charge in [-0.3, -0.25) is 4.79 Å². The summed E-state index contributed by atoms with van der Waals surface area (Å²) in [7, 11) is 0. The van der Waals surface area contributed by atoms with Gasteiger partial charge in [0.15, 0.2) is 5.82 Å². The van der Waals surface area contributed by atoms with Crippen LogP contribution in [-0.4, -0.2) is 49.0 Å². The van der Waals surface area contributed by atoms with Crippen LogP contribution < -0.4 is 0 Å². The van der Waals surface area contributed by atoms with Crippen molar-refractivity contribution in [3.8, 4) is 5.82 Å². The molecule has 2 aromatic heterocycles. The Morgan fingerprint density at radius 2 is 2.00 bits per heavy atom. The Labute approximate surface area is 146 Å². The van der Waals surface area contributed by atoms with E-state index in [1.54, 1.807) is 6.92 Å². The molecule has 140 valence electrons. The second-order valence-electron chi connectivity index (χ2n) is 6.46. The lowest BCUT2D eigenvalue weighted by Gasteiger charge is -2.36. The lowest BCUT2D eigenvalue weighted by atomic mass is 9.95. The molecule has 2 atom stereocenters. The molecule has 0 saturated carbocycles. The van der Waals surface area contributed by atoms with E-state index in [1.807, 2.05) is 0 Å². The highest BCUT2D eigenvalue weighted by Gasteiger charge is 2.57. The number of rotatable bonds is 2. The first-order chi connectivity index (χ1) is 12.0. The summed E-state index contributed by atoms with van der Waals surface area (Å²) in [6.07, 6.45) is -2.61. The fraction of sp³-hybridized carbons (Fsp3) is 0.438. The van der Waals surface area contributed by atoms with Gasteiger partial charge in [0.05, 0.1) is 18.1 Å². The third-order valence-electron chi connectivity index (χ3n) is 4.39. The molecule has 2 aromatic rings. The van der Waals surface area contributed by atoms with Crippen LogP contribution in [0.1, 0.15) is 31.0 Å². The Balaban J connectivity index is 1.91. The predicted molar refractivity (Wildman–Crippen MR) is 81.8 cm³/mol. The summed E-state index contributed by atoms with van der Waals surface area (Å²) < 4.78 is 53.3. The van der Waals surface area contributed by atoms with E-state index in [-0.39, 0.29) is 19.0 Å². The quantitative estimate of drug-likeness (QED) is 0.821. The molecular formula is C16H16F4N4O2. The summed E-state index contributed by atoms with van der Waals surface area (Å²) in [6.45, 7) is 2.03. The number of amides is 1. The zero-order chi connectivity index (χ0) is 19.3. The van der Waals surface area contributed by atoms with Crippen molar-refractivity contribution in [3.05, 3.63) is 41.6 Å². The van der Waals surface area contributed by atoms with Gasteiger partial charge < -0.3 is 10.0 Å². The number of nitrogens with zero attached hydrogens (tertiary/aromatic N) is 4. The number of fused-ring (bicyclic) bond motifs is 1. The Morgan fingerprint density at radius 1 is 1.31 bits per heavy atom. The number of carbonyl (C=O) groups excluding carboxylic acids is 1. The number of hydrogen-bond donors (Lipinski definition) is 1. The Hall–Kier alpha value is -2.49. The molecule has 10 heteroatoms. The second-order valence-corrected chi connectivity index (χ2v) is 6.46. The highest BCUT2D eigenvalue weighted by Crippen LogP contribution is 2.35. The van der Waals surface area contributed by atoms with Gasteiger partial charge in [0, 0.05) is 24.6 Å². The topological polar surface area (TPSA) is 71.2 Å². The molecule has 26 heavy (non-hydrogen) atoms. The molecular weight excluding hydrogens is 356 g/mol. The number of alkyl halides is 3. The number of hydrogen-bond acceptors (Lipinski definition) is 4. The fourth-order valence-corrected chi connectivity index (χ4v) is 2.99. The maximum atomic E-state index is 13.0. The van der Waals surface area contributed by atoms with Crippen LogP contribution in [0.2, 0.25) is 0 Å². The standard InChI is InChI=1S/C16H16F4N4O2/c1-9-7-23(14(25)15(2,26)16(18,19)20)8-10-5-22-24(13(9)10)12-4-3-11(17)6-21-12/h3-6,9,26H,7-8H2,1-2H3. The highest BCUT2D eigenvalue weighted by molar-refractivity contribution is 5.85. The zero-order valence-electron chi connectivity index (χ0n) is 14.0. The minimum absolute atomic E-state index is 0.0229. The molecule has 3 rings (SSSR count). The van der Waals surface area contributed by atoms with Gasteiger partial charge in [0.2, 0.25) is 5.60 Å². The third-order valence-corrected chi connectivity index (χ3v) is 4.39. The van der Waals surface area contributed by atoms with Gasteiger partial charge in [-0.2, -0.15) is 18.3 Å². The number of aliphatic hydroxyl groups is 1. The molecule has 6 nitrogen and oxygen atoms in total. The summed E-state index contributed by atoms with van der Waals surface area (Å²) >= 11 is 0. The summed E-state index contributed by atoms with van der Waals surface area (Å²) in [5, 5.41) is 13.8. The van der Waals surface area contributed by atoms with Crippen LogP contribution in [0.4, 0.5) is 17.6 Å². The Bertz CT molecular complexity index is 830. The molecule has 2 unspecified atom stereocenters. The molecule has 0 fully saturated rings. The van der Waals surface area contributed by atoms with Gasteiger partial charge in [-0.05, 0) is 19.1 Å². The summed E-state index contributed by atoms with van der Waals surface area (Å²) in [5.41, 5.74) is -2.24. The molecule has 0 spiro atoms. The summed E-state index contributed by atoms with van der Waals surface area (Å²) in [4.78, 5) is 17.1. The SMILES string of the molecule is CC1CN(C(=O)C(C)(O)C(F)(F)F)Cc2cnn(-c3ccc(F)cn3)c21. The van der Waals surface area contributed by atoms with E-state index in [2.05, 4.69) is 10.1 Å². The van der Waals surface area contributed by atoms with Crippen LogP contribution in [0.5, 0.6) is 0 Å². The maximum Gasteiger partial charge on any atom is 0.426 e. The second kappa shape index (κ2) is 6.04. The van der Waals surface area contributed by atoms with E-state index in [0.29, 0.717) is 24.0 Å². The number of pyridine rings is 1. The van der Waals surface area contributed by atoms with Gasteiger partial charge in [-0.25, -0.2) is 14.1 Å². The van der Waals surface area contributed by atoms with Gasteiger partial charge in [0.1, 0.15) is 5.82 Å². The van der Waals surface area contributed by atoms with Crippen molar-refractivity contribution in [1.82, 2.24) is 19.7 Å². The van der Waals surface area contributed by atoms with E-state index < -0.39 is 23.5 Å². The number of aromatic nitrogens is 3. The first-order valence-electron chi connectivity index (χ1n) is 7.79. The molecule has 1 aliphatic rings. The molecule has 1 aliphatic heterocycles. The molecule has 0 aromatic carbocycles. The molecule has 1 amide bonds. The van der Waals surface area contributed by atoms with E-state index in [1.165, 1.54) is 23.0 Å². The average molecular weight is 372 g/mol. The largest absolute Gasteiger partial charge is 0.426 e. The maximum absolute atomic E-state index is 13.0. The van der Waals surface area contributed by atoms with Crippen molar-refractivity contribution in [3.63, 3.8) is 0 Å². The number of carbonyl (C=O) groups is 1. The molecule has 0 aliphatic carbocycles. The van der Waals surface area contributed by atoms with E-state index >= 15 is 0 Å². The van der Waals surface area contributed by atoms with Crippen molar-refractivity contribution < 1.29 is 27.5 Å². The lowest BCUT2D eigenvalue weighted by molar-refractivity contribution is -0.250. The van der Waals surface area contributed by atoms with Gasteiger partial charge in [0.25, 0.3) is 5.91 Å². The predicted octanol–water partition coefficient (Wildman–Crippen LogP) is 2.17. The molecule has 0 radical (unpaired) electrons. The lowest BCUT2D eigenvalue weighted by Crippen LogP contribution is -2.57. The zero-order valence-corrected chi connectivity index (χ0v) is 14.0. The van der Waals surface area contributed by atoms with Crippen molar-refractivity contribution in [2.45, 2.75) is 38.1 Å². The summed E-state index contributed by atoms with van der Waals surface area (Å²) in [5.74, 6) is -1.91. The van der Waals surface area contributed by atoms with E-state index in [9.17, 15) is 27.5 Å². The minimum Gasteiger partial charge on any atom is -0.373 e. The first kappa shape index (κ1) is 18.3. The summed E-state index contributed by atoms with van der Waals surface area (Å²) in [6, 6.07) is 2.65. The molecule has 3 heterocycles. The highest BCUT2D eigenvalue weighted by atomic mass is 19.4. The van der Waals surface area contributed by atoms with Crippen LogP contribution in [-0.2, 0) is 11.3 Å². The molecule has 0 bridgehead atoms. The van der Waals surface area contributed by atoms with E-state index in [4.69, 9.17) is 0 Å². The molecule has 1 N–H and O–H groups in total.